The normalized spacial score (nSPS) is 16.0. The number of aromatic nitrogens is 2. The molecule has 1 aromatic rings. The first-order chi connectivity index (χ1) is 9.68. The third kappa shape index (κ3) is 3.78. The minimum Gasteiger partial charge on any atom is -0.477 e. The molecule has 0 saturated carbocycles. The van der Waals surface area contributed by atoms with E-state index in [0.29, 0.717) is 6.54 Å². The van der Waals surface area contributed by atoms with Gasteiger partial charge in [-0.1, -0.05) is 0 Å². The summed E-state index contributed by atoms with van der Waals surface area (Å²) in [6.45, 7) is 4.70. The second-order valence-electron chi connectivity index (χ2n) is 4.49. The van der Waals surface area contributed by atoms with E-state index in [1.54, 1.807) is 0 Å². The summed E-state index contributed by atoms with van der Waals surface area (Å²) in [4.78, 5) is 31.1. The van der Waals surface area contributed by atoms with Crippen molar-refractivity contribution in [3.05, 3.63) is 17.7 Å². The van der Waals surface area contributed by atoms with Gasteiger partial charge in [-0.05, 0) is 13.0 Å². The monoisotopic (exact) mass is 282 g/mol. The molecule has 1 saturated heterocycles. The van der Waals surface area contributed by atoms with Crippen LogP contribution in [-0.2, 0) is 4.74 Å². The predicted molar refractivity (Wildman–Crippen MR) is 69.8 cm³/mol. The summed E-state index contributed by atoms with van der Waals surface area (Å²) in [7, 11) is 0. The maximum absolute atomic E-state index is 11.8. The first kappa shape index (κ1) is 14.5. The van der Waals surface area contributed by atoms with Crippen LogP contribution in [0.25, 0.3) is 0 Å². The summed E-state index contributed by atoms with van der Waals surface area (Å²) >= 11 is 0. The number of aromatic carboxylic acids is 1. The number of nitrogens with one attached hydrogen (secondary N) is 2. The van der Waals surface area contributed by atoms with Gasteiger partial charge in [0, 0.05) is 19.6 Å². The number of ether oxygens (including phenoxy) is 1. The number of carboxylic acid groups (broad SMARTS) is 1. The quantitative estimate of drug-likeness (QED) is 0.611. The van der Waals surface area contributed by atoms with Gasteiger partial charge in [0.05, 0.1) is 19.5 Å². The molecule has 0 aromatic carbocycles. The average molecular weight is 282 g/mol. The Bertz CT molecular complexity index is 468. The summed E-state index contributed by atoms with van der Waals surface area (Å²) in [6.07, 6.45) is 2.00. The minimum atomic E-state index is -1.19. The fraction of sp³-hybridized carbons (Fsp3) is 0.583. The SMILES string of the molecule is O=C(NCCCN1CCOCC1)c1nc[nH]c1C(=O)O. The second-order valence-corrected chi connectivity index (χ2v) is 4.49. The van der Waals surface area contributed by atoms with Gasteiger partial charge in [-0.2, -0.15) is 0 Å². The standard InChI is InChI=1S/C12H18N4O4/c17-11(9-10(12(18)19)15-8-14-9)13-2-1-3-16-4-6-20-7-5-16/h8H,1-7H2,(H,13,17)(H,14,15)(H,18,19). The Morgan fingerprint density at radius 3 is 2.90 bits per heavy atom. The highest BCUT2D eigenvalue weighted by atomic mass is 16.5. The van der Waals surface area contributed by atoms with Crippen LogP contribution in [0.5, 0.6) is 0 Å². The molecule has 0 aliphatic carbocycles. The number of amides is 1. The minimum absolute atomic E-state index is 0.0797. The Kier molecular flexibility index (Phi) is 5.08. The summed E-state index contributed by atoms with van der Waals surface area (Å²) in [6, 6.07) is 0. The lowest BCUT2D eigenvalue weighted by Gasteiger charge is -2.26. The highest BCUT2D eigenvalue weighted by Gasteiger charge is 2.19. The second kappa shape index (κ2) is 7.01. The molecule has 2 rings (SSSR count). The average Bonchev–Trinajstić information content (AvgIpc) is 2.94. The van der Waals surface area contributed by atoms with Crippen LogP contribution in [0.3, 0.4) is 0 Å². The zero-order valence-corrected chi connectivity index (χ0v) is 11.1. The molecule has 0 radical (unpaired) electrons. The van der Waals surface area contributed by atoms with Gasteiger partial charge in [-0.15, -0.1) is 0 Å². The maximum atomic E-state index is 11.8. The van der Waals surface area contributed by atoms with E-state index in [1.807, 2.05) is 0 Å². The van der Waals surface area contributed by atoms with E-state index >= 15 is 0 Å². The molecule has 110 valence electrons. The molecule has 20 heavy (non-hydrogen) atoms. The van der Waals surface area contributed by atoms with Crippen molar-refractivity contribution >= 4 is 11.9 Å². The van der Waals surface area contributed by atoms with Crippen LogP contribution in [0.2, 0.25) is 0 Å². The van der Waals surface area contributed by atoms with Crippen LogP contribution in [-0.4, -0.2) is 71.2 Å². The molecule has 1 aliphatic heterocycles. The smallest absolute Gasteiger partial charge is 0.354 e. The van der Waals surface area contributed by atoms with E-state index in [0.717, 1.165) is 39.3 Å². The molecule has 1 amide bonds. The van der Waals surface area contributed by atoms with E-state index in [1.165, 1.54) is 6.33 Å². The number of nitrogens with zero attached hydrogens (tertiary/aromatic N) is 2. The Hall–Kier alpha value is -1.93. The lowest BCUT2D eigenvalue weighted by molar-refractivity contribution is 0.0374. The maximum Gasteiger partial charge on any atom is 0.354 e. The van der Waals surface area contributed by atoms with Crippen LogP contribution in [0.1, 0.15) is 27.4 Å². The van der Waals surface area contributed by atoms with Crippen molar-refractivity contribution in [3.63, 3.8) is 0 Å². The van der Waals surface area contributed by atoms with Gasteiger partial charge < -0.3 is 20.1 Å². The van der Waals surface area contributed by atoms with Crippen molar-refractivity contribution in [1.29, 1.82) is 0 Å². The molecule has 1 fully saturated rings. The molecule has 0 atom stereocenters. The fourth-order valence-electron chi connectivity index (χ4n) is 2.04. The Balaban J connectivity index is 1.72. The number of carbonyl (C=O) groups excluding carboxylic acids is 1. The van der Waals surface area contributed by atoms with Crippen LogP contribution in [0.15, 0.2) is 6.33 Å². The number of morpholine rings is 1. The van der Waals surface area contributed by atoms with Gasteiger partial charge in [0.15, 0.2) is 11.4 Å². The summed E-state index contributed by atoms with van der Waals surface area (Å²) in [5.74, 6) is -1.66. The topological polar surface area (TPSA) is 108 Å². The molecular weight excluding hydrogens is 264 g/mol. The number of rotatable bonds is 6. The lowest BCUT2D eigenvalue weighted by Crippen LogP contribution is -2.38. The molecule has 0 bridgehead atoms. The summed E-state index contributed by atoms with van der Waals surface area (Å²) < 4.78 is 5.25. The lowest BCUT2D eigenvalue weighted by atomic mass is 10.3. The van der Waals surface area contributed by atoms with E-state index in [9.17, 15) is 9.59 Å². The van der Waals surface area contributed by atoms with Crippen molar-refractivity contribution < 1.29 is 19.4 Å². The zero-order chi connectivity index (χ0) is 14.4. The van der Waals surface area contributed by atoms with Crippen LogP contribution in [0, 0.1) is 0 Å². The number of hydrogen-bond donors (Lipinski definition) is 3. The van der Waals surface area contributed by atoms with Crippen molar-refractivity contribution in [3.8, 4) is 0 Å². The van der Waals surface area contributed by atoms with Gasteiger partial charge in [0.1, 0.15) is 0 Å². The van der Waals surface area contributed by atoms with Crippen molar-refractivity contribution in [2.45, 2.75) is 6.42 Å². The van der Waals surface area contributed by atoms with Gasteiger partial charge in [-0.3, -0.25) is 9.69 Å². The summed E-state index contributed by atoms with van der Waals surface area (Å²) in [5.41, 5.74) is -0.264. The molecule has 0 spiro atoms. The largest absolute Gasteiger partial charge is 0.477 e. The third-order valence-electron chi connectivity index (χ3n) is 3.11. The molecular formula is C12H18N4O4. The first-order valence-electron chi connectivity index (χ1n) is 6.53. The Morgan fingerprint density at radius 2 is 2.20 bits per heavy atom. The molecule has 8 heteroatoms. The zero-order valence-electron chi connectivity index (χ0n) is 11.1. The van der Waals surface area contributed by atoms with Crippen molar-refractivity contribution in [2.75, 3.05) is 39.4 Å². The van der Waals surface area contributed by atoms with E-state index < -0.39 is 11.9 Å². The van der Waals surface area contributed by atoms with E-state index in [4.69, 9.17) is 9.84 Å². The number of imidazole rings is 1. The molecule has 8 nitrogen and oxygen atoms in total. The van der Waals surface area contributed by atoms with Gasteiger partial charge in [0.2, 0.25) is 0 Å². The number of carboxylic acids is 1. The third-order valence-corrected chi connectivity index (χ3v) is 3.11. The van der Waals surface area contributed by atoms with Gasteiger partial charge in [0.25, 0.3) is 5.91 Å². The number of carbonyl (C=O) groups is 2. The molecule has 1 aromatic heterocycles. The molecule has 3 N–H and O–H groups in total. The first-order valence-corrected chi connectivity index (χ1v) is 6.53. The van der Waals surface area contributed by atoms with Crippen LogP contribution < -0.4 is 5.32 Å². The van der Waals surface area contributed by atoms with Crippen molar-refractivity contribution in [2.24, 2.45) is 0 Å². The van der Waals surface area contributed by atoms with Gasteiger partial charge >= 0.3 is 5.97 Å². The molecule has 2 heterocycles. The fourth-order valence-corrected chi connectivity index (χ4v) is 2.04. The van der Waals surface area contributed by atoms with Crippen molar-refractivity contribution in [1.82, 2.24) is 20.2 Å². The Labute approximate surface area is 116 Å². The number of hydrogen-bond acceptors (Lipinski definition) is 5. The van der Waals surface area contributed by atoms with Crippen LogP contribution in [0.4, 0.5) is 0 Å². The van der Waals surface area contributed by atoms with E-state index in [-0.39, 0.29) is 11.4 Å². The molecule has 1 aliphatic rings. The number of H-pyrrole nitrogens is 1. The van der Waals surface area contributed by atoms with Crippen LogP contribution >= 0.6 is 0 Å². The van der Waals surface area contributed by atoms with Gasteiger partial charge in [-0.25, -0.2) is 9.78 Å². The summed E-state index contributed by atoms with van der Waals surface area (Å²) in [5, 5.41) is 11.6. The molecule has 0 unspecified atom stereocenters. The van der Waals surface area contributed by atoms with E-state index in [2.05, 4.69) is 20.2 Å². The number of aromatic amines is 1. The highest BCUT2D eigenvalue weighted by Crippen LogP contribution is 2.02. The Morgan fingerprint density at radius 1 is 1.45 bits per heavy atom. The highest BCUT2D eigenvalue weighted by molar-refractivity contribution is 6.02. The predicted octanol–water partition coefficient (Wildman–Crippen LogP) is -0.440.